The number of nitrogens with two attached hydrogens (primary N) is 1. The molecule has 0 unspecified atom stereocenters. The van der Waals surface area contributed by atoms with E-state index < -0.39 is 0 Å². The van der Waals surface area contributed by atoms with Gasteiger partial charge in [-0.3, -0.25) is 4.98 Å². The summed E-state index contributed by atoms with van der Waals surface area (Å²) in [5, 5.41) is 0. The first-order valence-electron chi connectivity index (χ1n) is 3.98. The van der Waals surface area contributed by atoms with Crippen LogP contribution in [0.3, 0.4) is 0 Å². The van der Waals surface area contributed by atoms with E-state index in [0.29, 0.717) is 5.75 Å². The molecule has 68 valence electrons. The van der Waals surface area contributed by atoms with Crippen molar-refractivity contribution >= 4 is 18.2 Å². The highest BCUT2D eigenvalue weighted by atomic mass is 32.1. The lowest BCUT2D eigenvalue weighted by Gasteiger charge is -1.99. The lowest BCUT2D eigenvalue weighted by Crippen LogP contribution is -1.85. The molecule has 0 amide bonds. The predicted octanol–water partition coefficient (Wildman–Crippen LogP) is 1.87. The van der Waals surface area contributed by atoms with Crippen molar-refractivity contribution in [3.05, 3.63) is 48.4 Å². The maximum Gasteiger partial charge on any atom is 0.0346 e. The third kappa shape index (κ3) is 2.95. The van der Waals surface area contributed by atoms with E-state index in [-0.39, 0.29) is 0 Å². The first-order chi connectivity index (χ1) is 6.38. The maximum absolute atomic E-state index is 5.33. The molecule has 0 radical (unpaired) electrons. The Morgan fingerprint density at radius 1 is 1.62 bits per heavy atom. The summed E-state index contributed by atoms with van der Waals surface area (Å²) in [6.07, 6.45) is 8.89. The molecular weight excluding hydrogens is 180 g/mol. The predicted molar refractivity (Wildman–Crippen MR) is 59.4 cm³/mol. The number of allylic oxidation sites excluding steroid dienone is 2. The van der Waals surface area contributed by atoms with Crippen LogP contribution in [-0.2, 0) is 0 Å². The van der Waals surface area contributed by atoms with E-state index in [4.69, 9.17) is 5.73 Å². The lowest BCUT2D eigenvalue weighted by molar-refractivity contribution is 1.31. The molecule has 0 spiro atoms. The van der Waals surface area contributed by atoms with E-state index in [2.05, 4.69) is 17.6 Å². The molecule has 0 atom stereocenters. The van der Waals surface area contributed by atoms with E-state index >= 15 is 0 Å². The van der Waals surface area contributed by atoms with Crippen LogP contribution < -0.4 is 5.73 Å². The van der Waals surface area contributed by atoms with Crippen LogP contribution >= 0.6 is 12.6 Å². The highest BCUT2D eigenvalue weighted by molar-refractivity contribution is 7.80. The van der Waals surface area contributed by atoms with Crippen molar-refractivity contribution in [1.29, 1.82) is 0 Å². The summed E-state index contributed by atoms with van der Waals surface area (Å²) in [6, 6.07) is 3.88. The number of pyridine rings is 1. The minimum atomic E-state index is 0.689. The van der Waals surface area contributed by atoms with Crippen LogP contribution in [0.2, 0.25) is 0 Å². The van der Waals surface area contributed by atoms with Crippen LogP contribution in [0.4, 0.5) is 0 Å². The number of rotatable bonds is 3. The van der Waals surface area contributed by atoms with Gasteiger partial charge in [0.1, 0.15) is 0 Å². The molecular formula is C10H12N2S. The molecule has 1 aromatic heterocycles. The van der Waals surface area contributed by atoms with E-state index in [1.807, 2.05) is 24.3 Å². The molecule has 1 aromatic rings. The van der Waals surface area contributed by atoms with E-state index in [1.165, 1.54) is 6.20 Å². The van der Waals surface area contributed by atoms with Gasteiger partial charge in [0.15, 0.2) is 0 Å². The second-order valence-corrected chi connectivity index (χ2v) is 2.81. The molecule has 0 aliphatic carbocycles. The molecule has 1 rings (SSSR count). The minimum Gasteiger partial charge on any atom is -0.405 e. The molecule has 2 nitrogen and oxygen atoms in total. The molecule has 0 saturated heterocycles. The van der Waals surface area contributed by atoms with Crippen molar-refractivity contribution in [2.24, 2.45) is 5.73 Å². The average molecular weight is 192 g/mol. The minimum absolute atomic E-state index is 0.689. The molecule has 1 heterocycles. The molecule has 0 aliphatic rings. The molecule has 0 bridgehead atoms. The van der Waals surface area contributed by atoms with Gasteiger partial charge in [0, 0.05) is 18.1 Å². The number of nitrogens with zero attached hydrogens (tertiary/aromatic N) is 1. The topological polar surface area (TPSA) is 38.9 Å². The smallest absolute Gasteiger partial charge is 0.0346 e. The van der Waals surface area contributed by atoms with Gasteiger partial charge in [0.2, 0.25) is 0 Å². The van der Waals surface area contributed by atoms with E-state index in [0.717, 1.165) is 11.1 Å². The Balaban J connectivity index is 2.96. The summed E-state index contributed by atoms with van der Waals surface area (Å²) < 4.78 is 0. The number of hydrogen-bond acceptors (Lipinski definition) is 3. The first-order valence-corrected chi connectivity index (χ1v) is 4.61. The normalized spacial score (nSPS) is 12.2. The fourth-order valence-electron chi connectivity index (χ4n) is 1.02. The Hall–Kier alpha value is -1.22. The molecule has 0 fully saturated rings. The number of aromatic nitrogens is 1. The van der Waals surface area contributed by atoms with Gasteiger partial charge in [-0.2, -0.15) is 12.6 Å². The third-order valence-corrected chi connectivity index (χ3v) is 1.76. The summed E-state index contributed by atoms with van der Waals surface area (Å²) in [6.45, 7) is 0. The Labute approximate surface area is 83.6 Å². The van der Waals surface area contributed by atoms with Crippen molar-refractivity contribution in [2.45, 2.75) is 0 Å². The Morgan fingerprint density at radius 3 is 3.00 bits per heavy atom. The quantitative estimate of drug-likeness (QED) is 0.567. The monoisotopic (exact) mass is 192 g/mol. The molecule has 0 saturated carbocycles. The van der Waals surface area contributed by atoms with Crippen LogP contribution in [-0.4, -0.2) is 10.7 Å². The SMILES string of the molecule is N/C=C\C(=C/CS)c1cccnc1. The van der Waals surface area contributed by atoms with Crippen LogP contribution in [0, 0.1) is 0 Å². The standard InChI is InChI=1S/C10H12N2S/c11-5-3-9(4-7-13)10-2-1-6-12-8-10/h1-6,8,13H,7,11H2/b5-3-,9-4+. The van der Waals surface area contributed by atoms with Gasteiger partial charge in [-0.25, -0.2) is 0 Å². The molecule has 3 heteroatoms. The summed E-state index contributed by atoms with van der Waals surface area (Å²) in [7, 11) is 0. The molecule has 13 heavy (non-hydrogen) atoms. The van der Waals surface area contributed by atoms with Gasteiger partial charge in [0.05, 0.1) is 0 Å². The highest BCUT2D eigenvalue weighted by Crippen LogP contribution is 2.13. The van der Waals surface area contributed by atoms with Crippen molar-refractivity contribution in [2.75, 3.05) is 5.75 Å². The zero-order valence-electron chi connectivity index (χ0n) is 7.22. The fourth-order valence-corrected chi connectivity index (χ4v) is 1.21. The zero-order valence-corrected chi connectivity index (χ0v) is 8.11. The van der Waals surface area contributed by atoms with Crippen molar-refractivity contribution < 1.29 is 0 Å². The highest BCUT2D eigenvalue weighted by Gasteiger charge is 1.95. The largest absolute Gasteiger partial charge is 0.405 e. The van der Waals surface area contributed by atoms with Crippen LogP contribution in [0.5, 0.6) is 0 Å². The van der Waals surface area contributed by atoms with Crippen molar-refractivity contribution in [3.63, 3.8) is 0 Å². The number of thiol groups is 1. The van der Waals surface area contributed by atoms with Crippen molar-refractivity contribution in [3.8, 4) is 0 Å². The Morgan fingerprint density at radius 2 is 2.46 bits per heavy atom. The molecule has 0 aromatic carbocycles. The fraction of sp³-hybridized carbons (Fsp3) is 0.100. The second-order valence-electron chi connectivity index (χ2n) is 2.44. The van der Waals surface area contributed by atoms with Gasteiger partial charge in [0.25, 0.3) is 0 Å². The zero-order chi connectivity index (χ0) is 9.52. The Bertz CT molecular complexity index is 304. The van der Waals surface area contributed by atoms with Crippen LogP contribution in [0.25, 0.3) is 5.57 Å². The van der Waals surface area contributed by atoms with Crippen LogP contribution in [0.1, 0.15) is 5.56 Å². The molecule has 2 N–H and O–H groups in total. The van der Waals surface area contributed by atoms with Crippen molar-refractivity contribution in [1.82, 2.24) is 4.98 Å². The average Bonchev–Trinajstić information content (AvgIpc) is 2.19. The second kappa shape index (κ2) is 5.43. The van der Waals surface area contributed by atoms with E-state index in [1.54, 1.807) is 12.4 Å². The van der Waals surface area contributed by atoms with Crippen LogP contribution in [0.15, 0.2) is 42.9 Å². The lowest BCUT2D eigenvalue weighted by atomic mass is 10.1. The first kappa shape index (κ1) is 9.86. The summed E-state index contributed by atoms with van der Waals surface area (Å²) in [5.41, 5.74) is 7.43. The number of hydrogen-bond donors (Lipinski definition) is 2. The van der Waals surface area contributed by atoms with Gasteiger partial charge in [-0.15, -0.1) is 0 Å². The van der Waals surface area contributed by atoms with Gasteiger partial charge < -0.3 is 5.73 Å². The maximum atomic E-state index is 5.33. The van der Waals surface area contributed by atoms with Gasteiger partial charge in [-0.05, 0) is 29.5 Å². The molecule has 0 aliphatic heterocycles. The van der Waals surface area contributed by atoms with Gasteiger partial charge >= 0.3 is 0 Å². The summed E-state index contributed by atoms with van der Waals surface area (Å²) in [4.78, 5) is 4.03. The summed E-state index contributed by atoms with van der Waals surface area (Å²) in [5.74, 6) is 0.689. The van der Waals surface area contributed by atoms with Gasteiger partial charge in [-0.1, -0.05) is 12.1 Å². The Kier molecular flexibility index (Phi) is 4.12. The summed E-state index contributed by atoms with van der Waals surface area (Å²) >= 11 is 4.13. The third-order valence-electron chi connectivity index (χ3n) is 1.58. The van der Waals surface area contributed by atoms with E-state index in [9.17, 15) is 0 Å².